The number of aromatic hydroxyl groups is 1. The fourth-order valence-corrected chi connectivity index (χ4v) is 25.7. The number of Topliss-reactive ketones (excluding diaryl/α,β-unsaturated/α-hetero) is 1. The molecule has 3 aromatic carbocycles. The van der Waals surface area contributed by atoms with Gasteiger partial charge in [-0.3, -0.25) is 19.7 Å². The molecular formula is C80H83N7O11. The van der Waals surface area contributed by atoms with E-state index in [1.54, 1.807) is 37.4 Å². The number of imidazole rings is 1. The summed E-state index contributed by atoms with van der Waals surface area (Å²) in [6, 6.07) is 13.0. The van der Waals surface area contributed by atoms with Gasteiger partial charge < -0.3 is 61.1 Å². The number of aromatic nitrogens is 4. The molecule has 12 bridgehead atoms. The second kappa shape index (κ2) is 19.6. The highest BCUT2D eigenvalue weighted by Crippen LogP contribution is 2.78. The standard InChI is InChI=1S/C80H83N7O11/c1-38-26-49-55(52(89)27-38)63(92)58-53-31-48-46(56(58)62(49)91)14-25-83-71(48)84-35-54(90)77-21-10-40-6-4-17-75-18-5-7-42-32-76(20-11-44(88)30-43(76)29-39-8-9-45-41(28-39)13-24-82-70(45)81)66-67(86-37-85-66)79(42,75)65-47(12-19-75)57(59(40)77)61(87-65)50-33-78(97-53)68(94)64(93)69(95)80(98-78)60(50)51(77)34-74(72(80)96)23-22-73(36-74)15-2-3-16-73/h8-9,14,25-28,31,33,37,40,42-43,54,59,64,68-70,72,82,87,89-90,93-96H,2-3,5,7,10-13,15-24,29-30,32,34-36,81H2,1H3,(H,83,84)(H,85,86). The van der Waals surface area contributed by atoms with Crippen molar-refractivity contribution in [3.05, 3.63) is 151 Å². The first-order valence-corrected chi connectivity index (χ1v) is 36.6. The van der Waals surface area contributed by atoms with Gasteiger partial charge in [-0.25, -0.2) is 9.97 Å². The number of phenols is 1. The van der Waals surface area contributed by atoms with Crippen LogP contribution in [0.15, 0.2) is 72.2 Å². The van der Waals surface area contributed by atoms with Crippen molar-refractivity contribution in [3.8, 4) is 23.3 Å². The zero-order valence-corrected chi connectivity index (χ0v) is 55.2. The third-order valence-corrected chi connectivity index (χ3v) is 29.5. The Kier molecular flexibility index (Phi) is 11.9. The number of nitrogens with one attached hydrogen (secondary N) is 4. The molecule has 18 nitrogen and oxygen atoms in total. The van der Waals surface area contributed by atoms with Gasteiger partial charge in [0.05, 0.1) is 52.6 Å². The highest BCUT2D eigenvalue weighted by Gasteiger charge is 2.78. The molecule has 17 atom stereocenters. The number of nitrogens with zero attached hydrogens (tertiary/aromatic N) is 2. The molecule has 12 aliphatic carbocycles. The molecule has 98 heavy (non-hydrogen) atoms. The van der Waals surface area contributed by atoms with E-state index in [0.717, 1.165) is 117 Å². The number of benzene rings is 3. The van der Waals surface area contributed by atoms with Crippen molar-refractivity contribution in [2.24, 2.45) is 45.1 Å². The predicted octanol–water partition coefficient (Wildman–Crippen LogP) is 8.95. The smallest absolute Gasteiger partial charge is 0.261 e. The van der Waals surface area contributed by atoms with E-state index < -0.39 is 92.2 Å². The normalized spacial score (nSPS) is 39.7. The topological polar surface area (TPSA) is 298 Å². The third-order valence-electron chi connectivity index (χ3n) is 29.5. The Balaban J connectivity index is 0.846. The lowest BCUT2D eigenvalue weighted by molar-refractivity contribution is -0.366. The first kappa shape index (κ1) is 59.5. The Hall–Kier alpha value is -7.31. The van der Waals surface area contributed by atoms with Crippen LogP contribution < -0.4 is 21.1 Å². The van der Waals surface area contributed by atoms with Gasteiger partial charge in [-0.1, -0.05) is 49.0 Å². The minimum absolute atomic E-state index is 0.00434. The van der Waals surface area contributed by atoms with Crippen LogP contribution in [0, 0.1) is 58.2 Å². The quantitative estimate of drug-likeness (QED) is 0.0720. The SMILES string of the molecule is Cc1cc(O)c2c(c1)C(=O)c1c(c3cc4c(nccc14)NCC(O)C14CCC5C#CCC67CCCC8CC9(CCC(=O)CC9Cc9ccc%10c(c9)CCNC%10N)c9nc[nH]c9C86c6[nH]c(c(c6CC7)C51)C1=CC5(O3)OC3(C1=C4CC1(CCC4(CCCC4)C1)C3O)C(O)C(O)C5O)C2=O. The molecule has 5 saturated carbocycles. The molecule has 23 rings (SSSR count). The Morgan fingerprint density at radius 3 is 2.57 bits per heavy atom. The highest BCUT2D eigenvalue weighted by molar-refractivity contribution is 6.34. The van der Waals surface area contributed by atoms with Gasteiger partial charge in [0.15, 0.2) is 17.5 Å². The number of hydrogen-bond donors (Lipinski definition) is 11. The lowest BCUT2D eigenvalue weighted by atomic mass is 9.38. The maximum atomic E-state index is 15.7. The van der Waals surface area contributed by atoms with E-state index in [4.69, 9.17) is 25.2 Å². The molecular weight excluding hydrogens is 1230 g/mol. The summed E-state index contributed by atoms with van der Waals surface area (Å²) < 4.78 is 15.3. The van der Waals surface area contributed by atoms with Crippen LogP contribution in [-0.4, -0.2) is 123 Å². The number of anilines is 1. The van der Waals surface area contributed by atoms with E-state index >= 15 is 9.59 Å². The summed E-state index contributed by atoms with van der Waals surface area (Å²) in [6.45, 7) is 2.49. The first-order chi connectivity index (χ1) is 47.3. The van der Waals surface area contributed by atoms with Crippen LogP contribution in [-0.2, 0) is 39.6 Å². The molecule has 17 aliphatic rings. The van der Waals surface area contributed by atoms with Crippen molar-refractivity contribution in [1.29, 1.82) is 0 Å². The Bertz CT molecular complexity index is 4800. The number of aliphatic hydroxyl groups is 5. The Labute approximate surface area is 567 Å². The first-order valence-electron chi connectivity index (χ1n) is 36.6. The zero-order chi connectivity index (χ0) is 66.3. The number of aromatic amines is 2. The average Bonchev–Trinajstić information content (AvgIpc) is 1.40. The second-order valence-electron chi connectivity index (χ2n) is 33.4. The molecule has 8 spiro atoms. The number of fused-ring (bicyclic) bond motifs is 10. The average molecular weight is 1320 g/mol. The van der Waals surface area contributed by atoms with Crippen molar-refractivity contribution < 1.29 is 54.5 Å². The fourth-order valence-electron chi connectivity index (χ4n) is 25.7. The van der Waals surface area contributed by atoms with Gasteiger partial charge in [0, 0.05) is 100 Å². The van der Waals surface area contributed by atoms with Crippen LogP contribution in [0.2, 0.25) is 0 Å². The number of hydrogen-bond acceptors (Lipinski definition) is 16. The van der Waals surface area contributed by atoms with Crippen molar-refractivity contribution in [2.75, 3.05) is 18.4 Å². The summed E-state index contributed by atoms with van der Waals surface area (Å²) in [5.74, 6) is 3.46. The van der Waals surface area contributed by atoms with Gasteiger partial charge in [-0.2, -0.15) is 0 Å². The number of rotatable bonds is 2. The van der Waals surface area contributed by atoms with Crippen LogP contribution >= 0.6 is 0 Å². The summed E-state index contributed by atoms with van der Waals surface area (Å²) in [5, 5.41) is 89.0. The Morgan fingerprint density at radius 1 is 0.837 bits per heavy atom. The maximum Gasteiger partial charge on any atom is 0.261 e. The lowest BCUT2D eigenvalue weighted by Gasteiger charge is -2.65. The molecule has 12 N–H and O–H groups in total. The molecule has 1 saturated heterocycles. The van der Waals surface area contributed by atoms with E-state index in [9.17, 15) is 35.4 Å². The molecule has 5 aliphatic heterocycles. The largest absolute Gasteiger partial charge is 0.507 e. The summed E-state index contributed by atoms with van der Waals surface area (Å²) in [5.41, 5.74) is 12.0. The number of carbonyl (C=O) groups is 3. The molecule has 8 heterocycles. The summed E-state index contributed by atoms with van der Waals surface area (Å²) in [4.78, 5) is 64.2. The van der Waals surface area contributed by atoms with Gasteiger partial charge in [0.25, 0.3) is 5.79 Å². The van der Waals surface area contributed by atoms with Gasteiger partial charge in [0.2, 0.25) is 5.78 Å². The van der Waals surface area contributed by atoms with Crippen molar-refractivity contribution in [1.82, 2.24) is 25.3 Å². The van der Waals surface area contributed by atoms with Crippen LogP contribution in [0.4, 0.5) is 5.82 Å². The van der Waals surface area contributed by atoms with E-state index in [2.05, 4.69) is 50.6 Å². The van der Waals surface area contributed by atoms with Gasteiger partial charge in [-0.15, -0.1) is 5.92 Å². The molecule has 17 unspecified atom stereocenters. The minimum atomic E-state index is -2.54. The van der Waals surface area contributed by atoms with Crippen LogP contribution in [0.3, 0.4) is 0 Å². The van der Waals surface area contributed by atoms with E-state index in [0.29, 0.717) is 110 Å². The molecule has 0 radical (unpaired) electrons. The molecule has 504 valence electrons. The van der Waals surface area contributed by atoms with Crippen molar-refractivity contribution in [3.63, 3.8) is 0 Å². The van der Waals surface area contributed by atoms with Crippen LogP contribution in [0.25, 0.3) is 16.3 Å². The number of phenolic OH excluding ortho intramolecular Hbond substituents is 1. The van der Waals surface area contributed by atoms with Gasteiger partial charge in [0.1, 0.15) is 35.3 Å². The summed E-state index contributed by atoms with van der Waals surface area (Å²) in [7, 11) is 0. The number of ether oxygens (including phenoxy) is 2. The second-order valence-corrected chi connectivity index (χ2v) is 33.4. The van der Waals surface area contributed by atoms with Crippen molar-refractivity contribution in [2.45, 2.75) is 213 Å². The minimum Gasteiger partial charge on any atom is -0.507 e. The van der Waals surface area contributed by atoms with Gasteiger partial charge in [-0.05, 0) is 207 Å². The fraction of sp³-hybridized carbons (Fsp3) is 0.537. The highest BCUT2D eigenvalue weighted by atomic mass is 16.7. The van der Waals surface area contributed by atoms with Crippen LogP contribution in [0.5, 0.6) is 11.5 Å². The maximum absolute atomic E-state index is 15.7. The number of aliphatic hydroxyl groups excluding tert-OH is 5. The number of aryl methyl sites for hydroxylation is 1. The lowest BCUT2D eigenvalue weighted by Crippen LogP contribution is -2.79. The van der Waals surface area contributed by atoms with Crippen molar-refractivity contribution >= 4 is 39.5 Å². The summed E-state index contributed by atoms with van der Waals surface area (Å²) in [6.07, 6.45) is 12.6. The number of nitrogens with two attached hydrogens (primary N) is 1. The molecule has 3 aromatic heterocycles. The van der Waals surface area contributed by atoms with E-state index in [1.165, 1.54) is 17.2 Å². The Morgan fingerprint density at radius 2 is 1.70 bits per heavy atom. The number of carbonyl (C=O) groups excluding carboxylic acids is 3. The van der Waals surface area contributed by atoms with E-state index in [-0.39, 0.29) is 69.7 Å². The monoisotopic (exact) mass is 1320 g/mol. The van der Waals surface area contributed by atoms with E-state index in [1.807, 2.05) is 6.33 Å². The zero-order valence-electron chi connectivity index (χ0n) is 55.2. The molecule has 6 fully saturated rings. The molecule has 0 amide bonds. The third kappa shape index (κ3) is 7.02. The van der Waals surface area contributed by atoms with Crippen LogP contribution in [0.1, 0.15) is 222 Å². The predicted molar refractivity (Wildman–Crippen MR) is 360 cm³/mol. The number of ketones is 3. The molecule has 6 aromatic rings. The summed E-state index contributed by atoms with van der Waals surface area (Å²) >= 11 is 0. The number of H-pyrrole nitrogens is 2. The number of pyridine rings is 1. The molecule has 18 heteroatoms. The van der Waals surface area contributed by atoms with Gasteiger partial charge >= 0.3 is 0 Å².